The zero-order chi connectivity index (χ0) is 11.5. The van der Waals surface area contributed by atoms with Gasteiger partial charge in [-0.05, 0) is 24.1 Å². The predicted octanol–water partition coefficient (Wildman–Crippen LogP) is 4.32. The van der Waals surface area contributed by atoms with Gasteiger partial charge in [0.05, 0.1) is 0 Å². The first kappa shape index (κ1) is 11.1. The van der Waals surface area contributed by atoms with Crippen molar-refractivity contribution in [3.8, 4) is 11.1 Å². The van der Waals surface area contributed by atoms with Crippen LogP contribution in [0.5, 0.6) is 0 Å². The minimum Gasteiger partial charge on any atom is -0.294 e. The van der Waals surface area contributed by atoms with Crippen LogP contribution in [0.3, 0.4) is 0 Å². The number of Topliss-reactive ketones (excluding diaryl/α,β-unsaturated/α-hetero) is 1. The Morgan fingerprint density at radius 1 is 0.938 bits per heavy atom. The van der Waals surface area contributed by atoms with Gasteiger partial charge in [0.2, 0.25) is 0 Å². The van der Waals surface area contributed by atoms with Gasteiger partial charge in [-0.2, -0.15) is 0 Å². The number of carbonyl (C=O) groups is 1. The lowest BCUT2D eigenvalue weighted by Gasteiger charge is -2.10. The molecule has 0 unspecified atom stereocenters. The lowest BCUT2D eigenvalue weighted by Crippen LogP contribution is -1.91. The third-order valence-corrected chi connectivity index (χ3v) is 3.16. The van der Waals surface area contributed by atoms with E-state index in [1.807, 2.05) is 18.2 Å². The molecular formula is C14H11BrO. The number of halogens is 1. The number of fused-ring (bicyclic) bond motifs is 1. The van der Waals surface area contributed by atoms with Gasteiger partial charge in [0.15, 0.2) is 5.78 Å². The first-order valence-electron chi connectivity index (χ1n) is 5.04. The number of ketones is 1. The van der Waals surface area contributed by atoms with E-state index in [1.54, 1.807) is 13.0 Å². The molecule has 2 heteroatoms. The highest BCUT2D eigenvalue weighted by Gasteiger charge is 2.04. The summed E-state index contributed by atoms with van der Waals surface area (Å²) in [4.78, 5) is 10.8. The molecule has 3 rings (SSSR count). The second-order valence-electron chi connectivity index (χ2n) is 3.61. The molecule has 0 bridgehead atoms. The summed E-state index contributed by atoms with van der Waals surface area (Å²) < 4.78 is 0.863. The van der Waals surface area contributed by atoms with Crippen LogP contribution in [0.4, 0.5) is 0 Å². The fourth-order valence-corrected chi connectivity index (χ4v) is 1.97. The zero-order valence-electron chi connectivity index (χ0n) is 8.91. The molecule has 1 aromatic rings. The van der Waals surface area contributed by atoms with E-state index in [9.17, 15) is 4.79 Å². The molecular weight excluding hydrogens is 264 g/mol. The van der Waals surface area contributed by atoms with Crippen LogP contribution in [0.2, 0.25) is 0 Å². The highest BCUT2D eigenvalue weighted by Crippen LogP contribution is 2.29. The molecule has 16 heavy (non-hydrogen) atoms. The largest absolute Gasteiger partial charge is 0.294 e. The summed E-state index contributed by atoms with van der Waals surface area (Å²) >= 11 is 3.28. The zero-order valence-corrected chi connectivity index (χ0v) is 10.5. The first-order chi connectivity index (χ1) is 7.68. The van der Waals surface area contributed by atoms with E-state index in [0.29, 0.717) is 0 Å². The summed E-state index contributed by atoms with van der Waals surface area (Å²) in [6.07, 6.45) is 0. The van der Waals surface area contributed by atoms with Crippen molar-refractivity contribution in [1.82, 2.24) is 0 Å². The smallest absolute Gasteiger partial charge is 0.160 e. The normalized spacial score (nSPS) is 10.1. The lowest BCUT2D eigenvalue weighted by atomic mass is 9.95. The van der Waals surface area contributed by atoms with Gasteiger partial charge in [-0.1, -0.05) is 58.4 Å². The molecule has 0 aromatic heterocycles. The van der Waals surface area contributed by atoms with Crippen LogP contribution in [0, 0.1) is 0 Å². The summed E-state index contributed by atoms with van der Waals surface area (Å²) in [5.74, 6) is 0.0903. The van der Waals surface area contributed by atoms with Crippen LogP contribution in [-0.4, -0.2) is 5.78 Å². The van der Waals surface area contributed by atoms with Crippen LogP contribution < -0.4 is 0 Å². The average Bonchev–Trinajstić information content (AvgIpc) is 2.24. The fraction of sp³-hybridized carbons (Fsp3) is 0.0714. The van der Waals surface area contributed by atoms with Crippen LogP contribution in [-0.2, 0) is 0 Å². The molecule has 2 aliphatic rings. The number of rotatable bonds is 1. The summed E-state index contributed by atoms with van der Waals surface area (Å²) in [5, 5.41) is 0. The van der Waals surface area contributed by atoms with Crippen molar-refractivity contribution in [2.45, 2.75) is 6.92 Å². The van der Waals surface area contributed by atoms with Gasteiger partial charge in [-0.25, -0.2) is 0 Å². The Morgan fingerprint density at radius 2 is 1.44 bits per heavy atom. The quantitative estimate of drug-likeness (QED) is 0.604. The summed E-state index contributed by atoms with van der Waals surface area (Å²) in [6, 6.07) is 15.9. The fourth-order valence-electron chi connectivity index (χ4n) is 1.41. The van der Waals surface area contributed by atoms with Crippen LogP contribution in [0.1, 0.15) is 17.3 Å². The van der Waals surface area contributed by atoms with Crippen molar-refractivity contribution in [3.05, 3.63) is 58.6 Å². The second kappa shape index (κ2) is 4.62. The standard InChI is InChI=1S/C8H7BrO.C6H4/c1-6(10)7-4-2-3-5-8(7)9;1-2-6-4-3-5(1)6/h2-5H,1H3;1-4H. The van der Waals surface area contributed by atoms with E-state index in [1.165, 1.54) is 11.1 Å². The van der Waals surface area contributed by atoms with E-state index in [0.717, 1.165) is 10.0 Å². The number of hydrogen-bond acceptors (Lipinski definition) is 1. The van der Waals surface area contributed by atoms with Gasteiger partial charge < -0.3 is 0 Å². The van der Waals surface area contributed by atoms with E-state index in [2.05, 4.69) is 40.2 Å². The van der Waals surface area contributed by atoms with Crippen LogP contribution >= 0.6 is 15.9 Å². The number of carbonyl (C=O) groups excluding carboxylic acids is 1. The molecule has 0 heterocycles. The topological polar surface area (TPSA) is 17.1 Å². The van der Waals surface area contributed by atoms with Crippen molar-refractivity contribution < 1.29 is 4.79 Å². The molecule has 0 amide bonds. The van der Waals surface area contributed by atoms with Crippen molar-refractivity contribution in [2.75, 3.05) is 0 Å². The van der Waals surface area contributed by atoms with E-state index in [4.69, 9.17) is 0 Å². The Bertz CT molecular complexity index is 494. The van der Waals surface area contributed by atoms with Crippen molar-refractivity contribution in [3.63, 3.8) is 0 Å². The van der Waals surface area contributed by atoms with Crippen molar-refractivity contribution >= 4 is 21.7 Å². The van der Waals surface area contributed by atoms with Gasteiger partial charge in [-0.3, -0.25) is 4.79 Å². The molecule has 1 nitrogen and oxygen atoms in total. The molecule has 0 atom stereocenters. The predicted molar refractivity (Wildman–Crippen MR) is 69.6 cm³/mol. The summed E-state index contributed by atoms with van der Waals surface area (Å²) in [7, 11) is 0. The molecule has 0 radical (unpaired) electrons. The van der Waals surface area contributed by atoms with E-state index in [-0.39, 0.29) is 5.78 Å². The molecule has 2 aliphatic carbocycles. The third-order valence-electron chi connectivity index (χ3n) is 2.47. The molecule has 1 aromatic carbocycles. The average molecular weight is 275 g/mol. The summed E-state index contributed by atoms with van der Waals surface area (Å²) in [5.41, 5.74) is 3.59. The monoisotopic (exact) mass is 274 g/mol. The minimum absolute atomic E-state index is 0.0903. The number of benzene rings is 2. The highest BCUT2D eigenvalue weighted by molar-refractivity contribution is 9.10. The van der Waals surface area contributed by atoms with E-state index >= 15 is 0 Å². The maximum Gasteiger partial charge on any atom is 0.160 e. The van der Waals surface area contributed by atoms with Crippen molar-refractivity contribution in [1.29, 1.82) is 0 Å². The Morgan fingerprint density at radius 3 is 1.69 bits per heavy atom. The molecule has 0 aliphatic heterocycles. The van der Waals surface area contributed by atoms with Crippen molar-refractivity contribution in [2.24, 2.45) is 0 Å². The van der Waals surface area contributed by atoms with E-state index < -0.39 is 0 Å². The molecule has 80 valence electrons. The molecule has 0 N–H and O–H groups in total. The van der Waals surface area contributed by atoms with Crippen LogP contribution in [0.15, 0.2) is 53.0 Å². The molecule has 0 fully saturated rings. The maximum absolute atomic E-state index is 10.8. The molecule has 0 saturated carbocycles. The maximum atomic E-state index is 10.8. The Hall–Kier alpha value is -1.41. The Labute approximate surface area is 103 Å². The number of hydrogen-bond donors (Lipinski definition) is 0. The lowest BCUT2D eigenvalue weighted by molar-refractivity contribution is 0.101. The molecule has 0 spiro atoms. The molecule has 0 saturated heterocycles. The Balaban J connectivity index is 0.000000134. The third kappa shape index (κ3) is 2.22. The second-order valence-corrected chi connectivity index (χ2v) is 4.47. The van der Waals surface area contributed by atoms with Gasteiger partial charge in [0.25, 0.3) is 0 Å². The SMILES string of the molecule is CC(=O)c1ccccc1Br.c1cc2ccc1-2. The van der Waals surface area contributed by atoms with Gasteiger partial charge in [0, 0.05) is 10.0 Å². The first-order valence-corrected chi connectivity index (χ1v) is 5.83. The van der Waals surface area contributed by atoms with Gasteiger partial charge >= 0.3 is 0 Å². The van der Waals surface area contributed by atoms with Crippen LogP contribution in [0.25, 0.3) is 11.1 Å². The minimum atomic E-state index is 0.0903. The van der Waals surface area contributed by atoms with Gasteiger partial charge in [-0.15, -0.1) is 0 Å². The highest BCUT2D eigenvalue weighted by atomic mass is 79.9. The summed E-state index contributed by atoms with van der Waals surface area (Å²) in [6.45, 7) is 1.56. The van der Waals surface area contributed by atoms with Gasteiger partial charge in [0.1, 0.15) is 0 Å². The Kier molecular flexibility index (Phi) is 3.20.